The Balaban J connectivity index is 1.29. The van der Waals surface area contributed by atoms with Gasteiger partial charge in [-0.1, -0.05) is 18.2 Å². The summed E-state index contributed by atoms with van der Waals surface area (Å²) >= 11 is 0. The molecule has 3 aromatic rings. The molecule has 1 heterocycles. The average Bonchev–Trinajstić information content (AvgIpc) is 2.91. The smallest absolute Gasteiger partial charge is 0.241 e. The molecule has 6 nitrogen and oxygen atoms in total. The zero-order valence-electron chi connectivity index (χ0n) is 22.1. The minimum atomic E-state index is 0.0885. The van der Waals surface area contributed by atoms with Crippen molar-refractivity contribution in [3.63, 3.8) is 0 Å². The summed E-state index contributed by atoms with van der Waals surface area (Å²) in [7, 11) is 1.92. The van der Waals surface area contributed by atoms with Gasteiger partial charge >= 0.3 is 0 Å². The van der Waals surface area contributed by atoms with Gasteiger partial charge in [0.25, 0.3) is 0 Å². The maximum Gasteiger partial charge on any atom is 0.241 e. The van der Waals surface area contributed by atoms with Crippen LogP contribution in [0, 0.1) is 27.7 Å². The van der Waals surface area contributed by atoms with E-state index in [1.807, 2.05) is 61.3 Å². The second-order valence-electron chi connectivity index (χ2n) is 9.77. The van der Waals surface area contributed by atoms with Gasteiger partial charge in [0.05, 0.1) is 17.9 Å². The number of carbonyl (C=O) groups is 1. The van der Waals surface area contributed by atoms with Crippen molar-refractivity contribution in [1.82, 2.24) is 4.90 Å². The van der Waals surface area contributed by atoms with Gasteiger partial charge in [-0.05, 0) is 99.2 Å². The lowest BCUT2D eigenvalue weighted by atomic mass is 9.95. The van der Waals surface area contributed by atoms with Crippen LogP contribution in [0.25, 0.3) is 0 Å². The van der Waals surface area contributed by atoms with E-state index in [9.17, 15) is 4.79 Å². The Morgan fingerprint density at radius 2 is 1.50 bits per heavy atom. The van der Waals surface area contributed by atoms with Crippen LogP contribution < -0.4 is 20.7 Å². The standard InChI is InChI=1S/C30H38N4O2/c1-20-21(2)23(4)30(29(31)22(20)3)32-19-28(35)33(5)24-15-17-34(18-16-24)25-11-13-27(14-12-25)36-26-9-7-6-8-10-26/h6-14,24,32H,15-19,31H2,1-5H3. The number of benzene rings is 3. The van der Waals surface area contributed by atoms with E-state index in [1.54, 1.807) is 0 Å². The van der Waals surface area contributed by atoms with E-state index in [1.165, 1.54) is 16.8 Å². The van der Waals surface area contributed by atoms with Crippen molar-refractivity contribution in [3.8, 4) is 11.5 Å². The number of hydrogen-bond donors (Lipinski definition) is 2. The average molecular weight is 487 g/mol. The minimum absolute atomic E-state index is 0.0885. The van der Waals surface area contributed by atoms with Gasteiger partial charge < -0.3 is 25.6 Å². The highest BCUT2D eigenvalue weighted by atomic mass is 16.5. The zero-order valence-corrected chi connectivity index (χ0v) is 22.1. The third-order valence-corrected chi connectivity index (χ3v) is 7.74. The summed E-state index contributed by atoms with van der Waals surface area (Å²) in [5.74, 6) is 1.75. The van der Waals surface area contributed by atoms with E-state index < -0.39 is 0 Å². The van der Waals surface area contributed by atoms with Gasteiger partial charge in [-0.15, -0.1) is 0 Å². The zero-order chi connectivity index (χ0) is 25.8. The Morgan fingerprint density at radius 1 is 0.917 bits per heavy atom. The lowest BCUT2D eigenvalue weighted by Crippen LogP contribution is -2.47. The Kier molecular flexibility index (Phi) is 7.73. The number of hydrogen-bond acceptors (Lipinski definition) is 5. The topological polar surface area (TPSA) is 70.8 Å². The first-order chi connectivity index (χ1) is 17.3. The van der Waals surface area contributed by atoms with E-state index in [0.29, 0.717) is 0 Å². The van der Waals surface area contributed by atoms with Crippen LogP contribution >= 0.6 is 0 Å². The predicted molar refractivity (Wildman–Crippen MR) is 149 cm³/mol. The number of rotatable bonds is 7. The first-order valence-electron chi connectivity index (χ1n) is 12.7. The van der Waals surface area contributed by atoms with Crippen molar-refractivity contribution < 1.29 is 9.53 Å². The molecule has 0 atom stereocenters. The second-order valence-corrected chi connectivity index (χ2v) is 9.77. The van der Waals surface area contributed by atoms with E-state index in [2.05, 4.69) is 43.1 Å². The third kappa shape index (κ3) is 5.43. The van der Waals surface area contributed by atoms with Crippen LogP contribution in [0.2, 0.25) is 0 Å². The largest absolute Gasteiger partial charge is 0.457 e. The summed E-state index contributed by atoms with van der Waals surface area (Å²) in [5.41, 5.74) is 13.8. The lowest BCUT2D eigenvalue weighted by Gasteiger charge is -2.38. The molecule has 0 bridgehead atoms. The molecule has 0 aliphatic carbocycles. The van der Waals surface area contributed by atoms with Crippen LogP contribution in [-0.4, -0.2) is 43.5 Å². The number of nitrogen functional groups attached to an aromatic ring is 1. The van der Waals surface area contributed by atoms with Gasteiger partial charge in [-0.25, -0.2) is 0 Å². The number of likely N-dealkylation sites (N-methyl/N-ethyl adjacent to an activating group) is 1. The highest BCUT2D eigenvalue weighted by molar-refractivity contribution is 5.84. The summed E-state index contributed by atoms with van der Waals surface area (Å²) in [6.07, 6.45) is 1.88. The molecular weight excluding hydrogens is 448 g/mol. The third-order valence-electron chi connectivity index (χ3n) is 7.74. The fraction of sp³-hybridized carbons (Fsp3) is 0.367. The van der Waals surface area contributed by atoms with Crippen LogP contribution in [0.3, 0.4) is 0 Å². The molecule has 3 aromatic carbocycles. The minimum Gasteiger partial charge on any atom is -0.457 e. The molecule has 3 N–H and O–H groups in total. The van der Waals surface area contributed by atoms with Crippen LogP contribution in [0.5, 0.6) is 11.5 Å². The molecule has 190 valence electrons. The van der Waals surface area contributed by atoms with Crippen LogP contribution in [0.15, 0.2) is 54.6 Å². The SMILES string of the molecule is Cc1c(C)c(C)c(NCC(=O)N(C)C2CCN(c3ccc(Oc4ccccc4)cc3)CC2)c(N)c1C. The van der Waals surface area contributed by atoms with E-state index in [-0.39, 0.29) is 18.5 Å². The number of carbonyl (C=O) groups excluding carboxylic acids is 1. The maximum absolute atomic E-state index is 13.0. The fourth-order valence-electron chi connectivity index (χ4n) is 4.92. The number of amides is 1. The molecule has 6 heteroatoms. The van der Waals surface area contributed by atoms with Crippen molar-refractivity contribution in [2.24, 2.45) is 0 Å². The Labute approximate surface area is 215 Å². The number of ether oxygens (including phenoxy) is 1. The second kappa shape index (κ2) is 10.9. The fourth-order valence-corrected chi connectivity index (χ4v) is 4.92. The Hall–Kier alpha value is -3.67. The number of piperidine rings is 1. The molecule has 0 unspecified atom stereocenters. The number of nitrogens with two attached hydrogens (primary N) is 1. The Bertz CT molecular complexity index is 1170. The summed E-state index contributed by atoms with van der Waals surface area (Å²) in [6.45, 7) is 10.4. The van der Waals surface area contributed by atoms with Crippen molar-refractivity contribution in [3.05, 3.63) is 76.9 Å². The highest BCUT2D eigenvalue weighted by Gasteiger charge is 2.26. The van der Waals surface area contributed by atoms with Crippen molar-refractivity contribution in [2.45, 2.75) is 46.6 Å². The molecule has 0 radical (unpaired) electrons. The molecule has 4 rings (SSSR count). The molecular formula is C30H38N4O2. The molecule has 0 spiro atoms. The van der Waals surface area contributed by atoms with Gasteiger partial charge in [0.1, 0.15) is 11.5 Å². The molecule has 1 saturated heterocycles. The molecule has 1 aliphatic heterocycles. The van der Waals surface area contributed by atoms with E-state index in [4.69, 9.17) is 10.5 Å². The maximum atomic E-state index is 13.0. The molecule has 1 aliphatic rings. The van der Waals surface area contributed by atoms with Crippen molar-refractivity contribution in [2.75, 3.05) is 42.6 Å². The number of anilines is 3. The first-order valence-corrected chi connectivity index (χ1v) is 12.7. The van der Waals surface area contributed by atoms with Crippen LogP contribution in [0.4, 0.5) is 17.1 Å². The highest BCUT2D eigenvalue weighted by Crippen LogP contribution is 2.33. The van der Waals surface area contributed by atoms with Crippen molar-refractivity contribution in [1.29, 1.82) is 0 Å². The van der Waals surface area contributed by atoms with Crippen LogP contribution in [-0.2, 0) is 4.79 Å². The van der Waals surface area contributed by atoms with Crippen molar-refractivity contribution >= 4 is 23.0 Å². The number of para-hydroxylation sites is 1. The van der Waals surface area contributed by atoms with E-state index >= 15 is 0 Å². The first kappa shape index (κ1) is 25.4. The Morgan fingerprint density at radius 3 is 2.14 bits per heavy atom. The predicted octanol–water partition coefficient (Wildman–Crippen LogP) is 5.83. The molecule has 0 saturated carbocycles. The quantitative estimate of drug-likeness (QED) is 0.411. The van der Waals surface area contributed by atoms with E-state index in [0.717, 1.165) is 59.9 Å². The van der Waals surface area contributed by atoms with Gasteiger partial charge in [0.15, 0.2) is 0 Å². The number of nitrogens with zero attached hydrogens (tertiary/aromatic N) is 2. The summed E-state index contributed by atoms with van der Waals surface area (Å²) in [4.78, 5) is 17.3. The molecule has 1 amide bonds. The van der Waals surface area contributed by atoms with Gasteiger partial charge in [0, 0.05) is 31.9 Å². The summed E-state index contributed by atoms with van der Waals surface area (Å²) in [6, 6.07) is 18.3. The van der Waals surface area contributed by atoms with Gasteiger partial charge in [-0.2, -0.15) is 0 Å². The molecule has 1 fully saturated rings. The molecule has 36 heavy (non-hydrogen) atoms. The number of nitrogens with one attached hydrogen (secondary N) is 1. The normalized spacial score (nSPS) is 14.0. The lowest BCUT2D eigenvalue weighted by molar-refractivity contribution is -0.130. The summed E-state index contributed by atoms with van der Waals surface area (Å²) in [5, 5.41) is 3.33. The molecule has 0 aromatic heterocycles. The van der Waals surface area contributed by atoms with Gasteiger partial charge in [-0.3, -0.25) is 4.79 Å². The van der Waals surface area contributed by atoms with Gasteiger partial charge in [0.2, 0.25) is 5.91 Å². The monoisotopic (exact) mass is 486 g/mol. The summed E-state index contributed by atoms with van der Waals surface area (Å²) < 4.78 is 5.91. The van der Waals surface area contributed by atoms with Crippen LogP contribution in [0.1, 0.15) is 35.1 Å².